The Kier molecular flexibility index (Phi) is 5.42. The van der Waals surface area contributed by atoms with Crippen LogP contribution in [0.4, 0.5) is 4.79 Å². The van der Waals surface area contributed by atoms with Gasteiger partial charge in [0.15, 0.2) is 5.79 Å². The van der Waals surface area contributed by atoms with Gasteiger partial charge in [-0.3, -0.25) is 4.90 Å². The van der Waals surface area contributed by atoms with E-state index in [1.807, 2.05) is 22.6 Å². The van der Waals surface area contributed by atoms with Gasteiger partial charge < -0.3 is 19.3 Å². The smallest absolute Gasteiger partial charge is 0.410 e. The average Bonchev–Trinajstić information content (AvgIpc) is 2.33. The first kappa shape index (κ1) is 14.9. The highest BCUT2D eigenvalue weighted by molar-refractivity contribution is 14.1. The van der Waals surface area contributed by atoms with Crippen LogP contribution in [0.25, 0.3) is 0 Å². The maximum Gasteiger partial charge on any atom is 0.410 e. The molecule has 1 aliphatic rings. The van der Waals surface area contributed by atoms with Gasteiger partial charge in [-0.1, -0.05) is 22.6 Å². The number of hydrogen-bond acceptors (Lipinski definition) is 5. The number of alkyl halides is 1. The molecule has 1 aliphatic heterocycles. The molecule has 0 aromatic heterocycles. The number of carbonyl (C=O) groups excluding carboxylic acids is 1. The molecule has 0 saturated carbocycles. The molecule has 0 bridgehead atoms. The zero-order valence-corrected chi connectivity index (χ0v) is 12.3. The summed E-state index contributed by atoms with van der Waals surface area (Å²) < 4.78 is 15.0. The molecule has 2 unspecified atom stereocenters. The third-order valence-corrected chi connectivity index (χ3v) is 4.26. The molecule has 1 rings (SSSR count). The number of piperidine rings is 1. The highest BCUT2D eigenvalue weighted by Gasteiger charge is 2.49. The van der Waals surface area contributed by atoms with E-state index in [0.29, 0.717) is 19.6 Å². The van der Waals surface area contributed by atoms with E-state index in [2.05, 4.69) is 0 Å². The second kappa shape index (κ2) is 6.17. The quantitative estimate of drug-likeness (QED) is 0.352. The third-order valence-electron chi connectivity index (χ3n) is 2.90. The van der Waals surface area contributed by atoms with E-state index in [0.717, 1.165) is 0 Å². The third kappa shape index (κ3) is 2.83. The number of methoxy groups -OCH3 is 2. The summed E-state index contributed by atoms with van der Waals surface area (Å²) >= 11 is 1.99. The van der Waals surface area contributed by atoms with Crippen molar-refractivity contribution in [2.24, 2.45) is 0 Å². The number of hydrogen-bond donors (Lipinski definition) is 1. The summed E-state index contributed by atoms with van der Waals surface area (Å²) in [6, 6.07) is 0. The van der Waals surface area contributed by atoms with Crippen LogP contribution in [0, 0.1) is 0 Å². The summed E-state index contributed by atoms with van der Waals surface area (Å²) in [5.41, 5.74) is 0. The number of nitrogens with zero attached hydrogens (tertiary/aromatic N) is 1. The molecule has 6 nitrogen and oxygen atoms in total. The number of rotatable bonds is 3. The van der Waals surface area contributed by atoms with Gasteiger partial charge in [0.25, 0.3) is 0 Å². The van der Waals surface area contributed by atoms with Crippen molar-refractivity contribution in [2.75, 3.05) is 27.4 Å². The SMILES string of the molecule is CCOC(=O)N1CCC(OC)(OC)C(O)C1I. The second-order valence-electron chi connectivity index (χ2n) is 3.68. The molecule has 1 amide bonds. The molecule has 1 saturated heterocycles. The number of ether oxygens (including phenoxy) is 3. The highest BCUT2D eigenvalue weighted by Crippen LogP contribution is 2.34. The van der Waals surface area contributed by atoms with Crippen LogP contribution in [0.1, 0.15) is 13.3 Å². The van der Waals surface area contributed by atoms with Gasteiger partial charge in [0.05, 0.1) is 6.61 Å². The predicted molar refractivity (Wildman–Crippen MR) is 68.9 cm³/mol. The fraction of sp³-hybridized carbons (Fsp3) is 0.900. The topological polar surface area (TPSA) is 68.2 Å². The van der Waals surface area contributed by atoms with Gasteiger partial charge in [0.2, 0.25) is 0 Å². The van der Waals surface area contributed by atoms with E-state index >= 15 is 0 Å². The minimum absolute atomic E-state index is 0.314. The lowest BCUT2D eigenvalue weighted by Gasteiger charge is -2.45. The summed E-state index contributed by atoms with van der Waals surface area (Å²) in [5.74, 6) is -1.05. The van der Waals surface area contributed by atoms with Crippen LogP contribution in [0.3, 0.4) is 0 Å². The molecule has 17 heavy (non-hydrogen) atoms. The van der Waals surface area contributed by atoms with E-state index in [4.69, 9.17) is 14.2 Å². The molecule has 0 aromatic carbocycles. The highest BCUT2D eigenvalue weighted by atomic mass is 127. The molecule has 0 radical (unpaired) electrons. The summed E-state index contributed by atoms with van der Waals surface area (Å²) in [6.45, 7) is 2.48. The lowest BCUT2D eigenvalue weighted by Crippen LogP contribution is -2.62. The number of aliphatic hydroxyl groups excluding tert-OH is 1. The average molecular weight is 359 g/mol. The first-order valence-electron chi connectivity index (χ1n) is 5.38. The fourth-order valence-electron chi connectivity index (χ4n) is 1.85. The van der Waals surface area contributed by atoms with Gasteiger partial charge >= 0.3 is 6.09 Å². The predicted octanol–water partition coefficient (Wildman–Crippen LogP) is 0.960. The van der Waals surface area contributed by atoms with Crippen LogP contribution < -0.4 is 0 Å². The summed E-state index contributed by atoms with van der Waals surface area (Å²) in [5, 5.41) is 10.2. The van der Waals surface area contributed by atoms with Gasteiger partial charge in [-0.15, -0.1) is 0 Å². The van der Waals surface area contributed by atoms with Gasteiger partial charge in [-0.05, 0) is 6.92 Å². The number of carbonyl (C=O) groups is 1. The Balaban J connectivity index is 2.77. The van der Waals surface area contributed by atoms with E-state index in [1.54, 1.807) is 6.92 Å². The van der Waals surface area contributed by atoms with Gasteiger partial charge in [-0.25, -0.2) is 4.79 Å². The van der Waals surface area contributed by atoms with Crippen LogP contribution in [-0.4, -0.2) is 59.4 Å². The summed E-state index contributed by atoms with van der Waals surface area (Å²) in [4.78, 5) is 13.1. The van der Waals surface area contributed by atoms with Crippen molar-refractivity contribution in [3.05, 3.63) is 0 Å². The Hall–Kier alpha value is -0.120. The van der Waals surface area contributed by atoms with Gasteiger partial charge in [0.1, 0.15) is 10.2 Å². The molecular weight excluding hydrogens is 341 g/mol. The Morgan fingerprint density at radius 1 is 1.53 bits per heavy atom. The minimum Gasteiger partial charge on any atom is -0.450 e. The van der Waals surface area contributed by atoms with Crippen molar-refractivity contribution in [1.82, 2.24) is 4.90 Å². The Labute approximate surface area is 114 Å². The Bertz CT molecular complexity index is 271. The summed E-state index contributed by atoms with van der Waals surface area (Å²) in [7, 11) is 2.96. The molecule has 7 heteroatoms. The van der Waals surface area contributed by atoms with Crippen LogP contribution in [0.5, 0.6) is 0 Å². The second-order valence-corrected chi connectivity index (χ2v) is 4.96. The fourth-order valence-corrected chi connectivity index (χ4v) is 2.91. The van der Waals surface area contributed by atoms with E-state index in [9.17, 15) is 9.90 Å². The number of likely N-dealkylation sites (tertiary alicyclic amines) is 1. The van der Waals surface area contributed by atoms with Crippen LogP contribution in [-0.2, 0) is 14.2 Å². The van der Waals surface area contributed by atoms with Crippen molar-refractivity contribution in [3.63, 3.8) is 0 Å². The Morgan fingerprint density at radius 3 is 2.59 bits per heavy atom. The molecule has 2 atom stereocenters. The lowest BCUT2D eigenvalue weighted by molar-refractivity contribution is -0.278. The molecule has 1 heterocycles. The molecule has 100 valence electrons. The Morgan fingerprint density at radius 2 is 2.12 bits per heavy atom. The maximum atomic E-state index is 11.6. The van der Waals surface area contributed by atoms with Crippen LogP contribution in [0.15, 0.2) is 0 Å². The zero-order chi connectivity index (χ0) is 13.1. The first-order chi connectivity index (χ1) is 8.02. The number of aliphatic hydroxyl groups is 1. The molecule has 1 fully saturated rings. The van der Waals surface area contributed by atoms with Gasteiger partial charge in [-0.2, -0.15) is 0 Å². The monoisotopic (exact) mass is 359 g/mol. The van der Waals surface area contributed by atoms with E-state index < -0.39 is 22.0 Å². The molecule has 1 N–H and O–H groups in total. The van der Waals surface area contributed by atoms with Gasteiger partial charge in [0, 0.05) is 27.2 Å². The maximum absolute atomic E-state index is 11.6. The lowest BCUT2D eigenvalue weighted by atomic mass is 10.0. The van der Waals surface area contributed by atoms with Crippen molar-refractivity contribution < 1.29 is 24.1 Å². The standard InChI is InChI=1S/C10H18INO5/c1-4-17-9(14)12-6-5-10(15-2,16-3)7(13)8(12)11/h7-8,13H,4-6H2,1-3H3. The van der Waals surface area contributed by atoms with E-state index in [-0.39, 0.29) is 0 Å². The summed E-state index contributed by atoms with van der Waals surface area (Å²) in [6.07, 6.45) is -0.942. The molecule has 0 aliphatic carbocycles. The number of amides is 1. The largest absolute Gasteiger partial charge is 0.450 e. The minimum atomic E-state index is -1.05. The number of halogens is 1. The normalized spacial score (nSPS) is 27.9. The first-order valence-corrected chi connectivity index (χ1v) is 6.62. The van der Waals surface area contributed by atoms with E-state index in [1.165, 1.54) is 19.1 Å². The zero-order valence-electron chi connectivity index (χ0n) is 10.2. The molecule has 0 spiro atoms. The molecule has 0 aromatic rings. The van der Waals surface area contributed by atoms with Crippen molar-refractivity contribution >= 4 is 28.7 Å². The molecular formula is C10H18INO5. The van der Waals surface area contributed by atoms with Crippen LogP contribution >= 0.6 is 22.6 Å². The van der Waals surface area contributed by atoms with Crippen LogP contribution in [0.2, 0.25) is 0 Å². The van der Waals surface area contributed by atoms with Crippen molar-refractivity contribution in [2.45, 2.75) is 29.3 Å². The van der Waals surface area contributed by atoms with Crippen molar-refractivity contribution in [3.8, 4) is 0 Å². The van der Waals surface area contributed by atoms with Crippen molar-refractivity contribution in [1.29, 1.82) is 0 Å².